The van der Waals surface area contributed by atoms with Crippen molar-refractivity contribution in [2.75, 3.05) is 13.1 Å². The number of likely N-dealkylation sites (tertiary alicyclic amines) is 1. The van der Waals surface area contributed by atoms with E-state index < -0.39 is 20.7 Å². The first-order valence-corrected chi connectivity index (χ1v) is 10.9. The van der Waals surface area contributed by atoms with Crippen molar-refractivity contribution in [2.45, 2.75) is 30.2 Å². The summed E-state index contributed by atoms with van der Waals surface area (Å²) in [5.74, 6) is -0.246. The van der Waals surface area contributed by atoms with Crippen LogP contribution >= 0.6 is 0 Å². The van der Waals surface area contributed by atoms with Crippen molar-refractivity contribution in [1.82, 2.24) is 19.6 Å². The van der Waals surface area contributed by atoms with Crippen LogP contribution in [0.1, 0.15) is 31.1 Å². The van der Waals surface area contributed by atoms with E-state index in [9.17, 15) is 17.6 Å². The first-order valence-electron chi connectivity index (χ1n) is 9.44. The smallest absolute Gasteiger partial charge is 0.243 e. The Balaban J connectivity index is 1.41. The Labute approximate surface area is 168 Å². The molecule has 2 aromatic carbocycles. The van der Waals surface area contributed by atoms with Gasteiger partial charge in [0.05, 0.1) is 17.1 Å². The molecule has 0 spiro atoms. The SMILES string of the molecule is O=C(CCNS(=O)(=O)c1ccccc1F)N1CCC[C@@H]1c1nc2ccccc2[nH]1. The van der Waals surface area contributed by atoms with E-state index in [4.69, 9.17) is 0 Å². The first kappa shape index (κ1) is 19.5. The van der Waals surface area contributed by atoms with Crippen LogP contribution in [0.4, 0.5) is 4.39 Å². The predicted octanol–water partition coefficient (Wildman–Crippen LogP) is 2.73. The summed E-state index contributed by atoms with van der Waals surface area (Å²) in [6.07, 6.45) is 1.64. The van der Waals surface area contributed by atoms with Crippen molar-refractivity contribution in [3.63, 3.8) is 0 Å². The van der Waals surface area contributed by atoms with Crippen LogP contribution in [0, 0.1) is 5.82 Å². The first-order chi connectivity index (χ1) is 14.0. The molecule has 3 aromatic rings. The number of benzene rings is 2. The average Bonchev–Trinajstić information content (AvgIpc) is 3.34. The van der Waals surface area contributed by atoms with Gasteiger partial charge in [-0.15, -0.1) is 0 Å². The Hall–Kier alpha value is -2.78. The highest BCUT2D eigenvalue weighted by atomic mass is 32.2. The topological polar surface area (TPSA) is 95.2 Å². The Morgan fingerprint density at radius 2 is 1.97 bits per heavy atom. The Morgan fingerprint density at radius 3 is 2.76 bits per heavy atom. The van der Waals surface area contributed by atoms with Crippen LogP contribution in [0.5, 0.6) is 0 Å². The molecule has 0 aliphatic carbocycles. The van der Waals surface area contributed by atoms with Crippen LogP contribution in [0.2, 0.25) is 0 Å². The lowest BCUT2D eigenvalue weighted by atomic mass is 10.2. The molecule has 4 rings (SSSR count). The molecule has 29 heavy (non-hydrogen) atoms. The molecule has 1 amide bonds. The number of aromatic nitrogens is 2. The fourth-order valence-corrected chi connectivity index (χ4v) is 4.76. The van der Waals surface area contributed by atoms with E-state index >= 15 is 0 Å². The monoisotopic (exact) mass is 416 g/mol. The summed E-state index contributed by atoms with van der Waals surface area (Å²) in [5, 5.41) is 0. The largest absolute Gasteiger partial charge is 0.340 e. The van der Waals surface area contributed by atoms with E-state index in [-0.39, 0.29) is 24.9 Å². The summed E-state index contributed by atoms with van der Waals surface area (Å²) in [6.45, 7) is 0.499. The highest BCUT2D eigenvalue weighted by Gasteiger charge is 2.32. The summed E-state index contributed by atoms with van der Waals surface area (Å²) >= 11 is 0. The van der Waals surface area contributed by atoms with E-state index in [2.05, 4.69) is 14.7 Å². The van der Waals surface area contributed by atoms with Gasteiger partial charge in [0.25, 0.3) is 0 Å². The Bertz CT molecular complexity index is 1110. The number of para-hydroxylation sites is 2. The van der Waals surface area contributed by atoms with Crippen LogP contribution in [0.15, 0.2) is 53.4 Å². The molecule has 1 aromatic heterocycles. The molecule has 1 aliphatic heterocycles. The number of fused-ring (bicyclic) bond motifs is 1. The molecule has 1 atom stereocenters. The van der Waals surface area contributed by atoms with Crippen LogP contribution in [0.25, 0.3) is 11.0 Å². The van der Waals surface area contributed by atoms with Gasteiger partial charge in [-0.2, -0.15) is 0 Å². The fourth-order valence-electron chi connectivity index (χ4n) is 3.66. The molecule has 0 unspecified atom stereocenters. The normalized spacial score (nSPS) is 17.1. The van der Waals surface area contributed by atoms with Crippen molar-refractivity contribution < 1.29 is 17.6 Å². The zero-order chi connectivity index (χ0) is 20.4. The molecule has 1 fully saturated rings. The number of rotatable bonds is 6. The summed E-state index contributed by atoms with van der Waals surface area (Å²) < 4.78 is 40.5. The lowest BCUT2D eigenvalue weighted by molar-refractivity contribution is -0.132. The third-order valence-electron chi connectivity index (χ3n) is 5.05. The van der Waals surface area contributed by atoms with Crippen LogP contribution in [0.3, 0.4) is 0 Å². The zero-order valence-corrected chi connectivity index (χ0v) is 16.5. The summed E-state index contributed by atoms with van der Waals surface area (Å²) in [5.41, 5.74) is 1.76. The van der Waals surface area contributed by atoms with Crippen LogP contribution in [-0.4, -0.2) is 42.3 Å². The molecule has 0 saturated carbocycles. The Morgan fingerprint density at radius 1 is 1.21 bits per heavy atom. The average molecular weight is 416 g/mol. The second-order valence-electron chi connectivity index (χ2n) is 6.96. The molecular formula is C20H21FN4O3S. The number of hydrogen-bond acceptors (Lipinski definition) is 4. The van der Waals surface area contributed by atoms with Crippen LogP contribution in [-0.2, 0) is 14.8 Å². The number of amides is 1. The fraction of sp³-hybridized carbons (Fsp3) is 0.300. The molecule has 0 radical (unpaired) electrons. The number of sulfonamides is 1. The number of hydrogen-bond donors (Lipinski definition) is 2. The molecule has 7 nitrogen and oxygen atoms in total. The minimum absolute atomic E-state index is 0.00951. The van der Waals surface area contributed by atoms with Gasteiger partial charge in [0, 0.05) is 19.5 Å². The predicted molar refractivity (Wildman–Crippen MR) is 106 cm³/mol. The van der Waals surface area contributed by atoms with Gasteiger partial charge in [-0.05, 0) is 37.1 Å². The minimum Gasteiger partial charge on any atom is -0.340 e. The third-order valence-corrected chi connectivity index (χ3v) is 6.55. The number of nitrogens with zero attached hydrogens (tertiary/aromatic N) is 2. The molecule has 0 bridgehead atoms. The van der Waals surface area contributed by atoms with Crippen molar-refractivity contribution in [2.24, 2.45) is 0 Å². The maximum Gasteiger partial charge on any atom is 0.243 e. The molecule has 2 N–H and O–H groups in total. The summed E-state index contributed by atoms with van der Waals surface area (Å²) in [7, 11) is -4.01. The number of aromatic amines is 1. The highest BCUT2D eigenvalue weighted by Crippen LogP contribution is 2.31. The quantitative estimate of drug-likeness (QED) is 0.646. The zero-order valence-electron chi connectivity index (χ0n) is 15.6. The van der Waals surface area contributed by atoms with Gasteiger partial charge in [0.15, 0.2) is 0 Å². The second-order valence-corrected chi connectivity index (χ2v) is 8.70. The molecule has 1 aliphatic rings. The molecular weight excluding hydrogens is 395 g/mol. The number of halogens is 1. The maximum atomic E-state index is 13.7. The van der Waals surface area contributed by atoms with E-state index in [0.717, 1.165) is 35.8 Å². The lowest BCUT2D eigenvalue weighted by Crippen LogP contribution is -2.34. The molecule has 2 heterocycles. The highest BCUT2D eigenvalue weighted by molar-refractivity contribution is 7.89. The standard InChI is InChI=1S/C20H21FN4O3S/c21-14-6-1-4-10-18(14)29(27,28)22-12-11-19(26)25-13-5-9-17(25)20-23-15-7-2-3-8-16(15)24-20/h1-4,6-8,10,17,22H,5,9,11-13H2,(H,23,24)/t17-/m1/s1. The number of carbonyl (C=O) groups excluding carboxylic acids is 1. The van der Waals surface area contributed by atoms with Gasteiger partial charge in [0.2, 0.25) is 15.9 Å². The molecule has 9 heteroatoms. The van der Waals surface area contributed by atoms with E-state index in [1.807, 2.05) is 24.3 Å². The third kappa shape index (κ3) is 4.01. The van der Waals surface area contributed by atoms with Crippen LogP contribution < -0.4 is 4.72 Å². The Kier molecular flexibility index (Phi) is 5.33. The minimum atomic E-state index is -4.01. The van der Waals surface area contributed by atoms with Gasteiger partial charge in [-0.25, -0.2) is 22.5 Å². The van der Waals surface area contributed by atoms with Crippen molar-refractivity contribution >= 4 is 27.0 Å². The van der Waals surface area contributed by atoms with Crippen molar-refractivity contribution in [3.05, 3.63) is 60.2 Å². The van der Waals surface area contributed by atoms with Gasteiger partial charge in [-0.3, -0.25) is 4.79 Å². The van der Waals surface area contributed by atoms with E-state index in [0.29, 0.717) is 6.54 Å². The lowest BCUT2D eigenvalue weighted by Gasteiger charge is -2.23. The van der Waals surface area contributed by atoms with Gasteiger partial charge >= 0.3 is 0 Å². The maximum absolute atomic E-state index is 13.7. The number of imidazole rings is 1. The number of carbonyl (C=O) groups is 1. The number of nitrogens with one attached hydrogen (secondary N) is 2. The molecule has 152 valence electrons. The van der Waals surface area contributed by atoms with E-state index in [1.165, 1.54) is 18.2 Å². The van der Waals surface area contributed by atoms with Gasteiger partial charge in [0.1, 0.15) is 16.5 Å². The number of H-pyrrole nitrogens is 1. The summed E-state index contributed by atoms with van der Waals surface area (Å²) in [4.78, 5) is 21.9. The van der Waals surface area contributed by atoms with Crippen molar-refractivity contribution in [3.8, 4) is 0 Å². The summed E-state index contributed by atoms with van der Waals surface area (Å²) in [6, 6.07) is 12.7. The van der Waals surface area contributed by atoms with Crippen molar-refractivity contribution in [1.29, 1.82) is 0 Å². The van der Waals surface area contributed by atoms with Gasteiger partial charge in [-0.1, -0.05) is 24.3 Å². The van der Waals surface area contributed by atoms with Gasteiger partial charge < -0.3 is 9.88 Å². The van der Waals surface area contributed by atoms with E-state index in [1.54, 1.807) is 4.90 Å². The molecule has 1 saturated heterocycles. The second kappa shape index (κ2) is 7.92.